The second-order valence-electron chi connectivity index (χ2n) is 6.25. The van der Waals surface area contributed by atoms with E-state index in [1.54, 1.807) is 24.4 Å². The normalized spacial score (nSPS) is 16.6. The molecule has 2 aromatic rings. The van der Waals surface area contributed by atoms with Gasteiger partial charge in [0.2, 0.25) is 0 Å². The fourth-order valence-corrected chi connectivity index (χ4v) is 3.02. The van der Waals surface area contributed by atoms with Gasteiger partial charge in [-0.2, -0.15) is 0 Å². The summed E-state index contributed by atoms with van der Waals surface area (Å²) >= 11 is 5.72. The molecule has 2 N–H and O–H groups in total. The van der Waals surface area contributed by atoms with Crippen LogP contribution in [0.25, 0.3) is 0 Å². The van der Waals surface area contributed by atoms with Crippen molar-refractivity contribution in [2.45, 2.75) is 13.0 Å². The van der Waals surface area contributed by atoms with Gasteiger partial charge in [0, 0.05) is 44.1 Å². The molecule has 1 aliphatic heterocycles. The van der Waals surface area contributed by atoms with Gasteiger partial charge in [-0.25, -0.2) is 18.6 Å². The van der Waals surface area contributed by atoms with E-state index in [-0.39, 0.29) is 11.9 Å². The van der Waals surface area contributed by atoms with Crippen LogP contribution in [0.2, 0.25) is 5.15 Å². The molecule has 8 heteroatoms. The predicted octanol–water partition coefficient (Wildman–Crippen LogP) is 3.34. The number of benzene rings is 1. The lowest BCUT2D eigenvalue weighted by Crippen LogP contribution is -2.38. The van der Waals surface area contributed by atoms with Gasteiger partial charge in [0.15, 0.2) is 11.6 Å². The molecule has 1 aliphatic rings. The number of amides is 2. The van der Waals surface area contributed by atoms with Crippen LogP contribution in [-0.4, -0.2) is 30.6 Å². The van der Waals surface area contributed by atoms with Gasteiger partial charge in [-0.3, -0.25) is 0 Å². The smallest absolute Gasteiger partial charge is 0.315 e. The van der Waals surface area contributed by atoms with E-state index in [1.165, 1.54) is 6.07 Å². The molecule has 1 aromatic heterocycles. The summed E-state index contributed by atoms with van der Waals surface area (Å²) in [6.07, 6.45) is 2.49. The van der Waals surface area contributed by atoms with Crippen LogP contribution in [0.15, 0.2) is 36.5 Å². The van der Waals surface area contributed by atoms with Crippen molar-refractivity contribution in [2.24, 2.45) is 5.92 Å². The summed E-state index contributed by atoms with van der Waals surface area (Å²) in [6, 6.07) is 7.12. The number of nitrogens with zero attached hydrogens (tertiary/aromatic N) is 2. The highest BCUT2D eigenvalue weighted by molar-refractivity contribution is 6.29. The summed E-state index contributed by atoms with van der Waals surface area (Å²) in [4.78, 5) is 17.8. The molecule has 0 spiro atoms. The van der Waals surface area contributed by atoms with E-state index >= 15 is 0 Å². The maximum Gasteiger partial charge on any atom is 0.315 e. The van der Waals surface area contributed by atoms with Crippen molar-refractivity contribution in [3.05, 3.63) is 58.9 Å². The number of hydrogen-bond acceptors (Lipinski definition) is 3. The van der Waals surface area contributed by atoms with E-state index in [0.717, 1.165) is 24.6 Å². The van der Waals surface area contributed by atoms with Crippen molar-refractivity contribution in [1.29, 1.82) is 0 Å². The summed E-state index contributed by atoms with van der Waals surface area (Å²) in [5.74, 6) is -1.44. The topological polar surface area (TPSA) is 57.3 Å². The van der Waals surface area contributed by atoms with Gasteiger partial charge >= 0.3 is 6.03 Å². The molecule has 2 heterocycles. The van der Waals surface area contributed by atoms with Crippen molar-refractivity contribution in [2.75, 3.05) is 24.5 Å². The highest BCUT2D eigenvalue weighted by Crippen LogP contribution is 2.24. The molecule has 1 atom stereocenters. The molecule has 0 unspecified atom stereocenters. The molecule has 5 nitrogen and oxygen atoms in total. The van der Waals surface area contributed by atoms with Gasteiger partial charge < -0.3 is 15.5 Å². The Morgan fingerprint density at radius 2 is 2.08 bits per heavy atom. The number of urea groups is 1. The van der Waals surface area contributed by atoms with Crippen LogP contribution in [-0.2, 0) is 6.54 Å². The fourth-order valence-electron chi connectivity index (χ4n) is 2.91. The SMILES string of the molecule is O=C(NCc1ccc(Cl)nc1)NC[C@@H]1CCN(c2ccc(F)c(F)c2)C1. The Balaban J connectivity index is 1.41. The van der Waals surface area contributed by atoms with Crippen LogP contribution in [0.3, 0.4) is 0 Å². The van der Waals surface area contributed by atoms with Gasteiger partial charge in [-0.15, -0.1) is 0 Å². The Bertz CT molecular complexity index is 772. The zero-order valence-corrected chi connectivity index (χ0v) is 14.8. The van der Waals surface area contributed by atoms with Gasteiger partial charge in [-0.05, 0) is 36.1 Å². The third kappa shape index (κ3) is 4.82. The van der Waals surface area contributed by atoms with Crippen LogP contribution < -0.4 is 15.5 Å². The Morgan fingerprint density at radius 3 is 2.81 bits per heavy atom. The molecule has 1 fully saturated rings. The van der Waals surface area contributed by atoms with Crippen LogP contribution >= 0.6 is 11.6 Å². The Morgan fingerprint density at radius 1 is 1.23 bits per heavy atom. The average molecular weight is 381 g/mol. The molecule has 26 heavy (non-hydrogen) atoms. The number of carbonyl (C=O) groups is 1. The maximum atomic E-state index is 13.4. The summed E-state index contributed by atoms with van der Waals surface area (Å²) in [6.45, 7) is 2.31. The lowest BCUT2D eigenvalue weighted by molar-refractivity contribution is 0.239. The van der Waals surface area contributed by atoms with Crippen molar-refractivity contribution in [3.63, 3.8) is 0 Å². The van der Waals surface area contributed by atoms with E-state index < -0.39 is 11.6 Å². The van der Waals surface area contributed by atoms with Crippen LogP contribution in [0, 0.1) is 17.6 Å². The van der Waals surface area contributed by atoms with E-state index in [1.807, 2.05) is 4.90 Å². The van der Waals surface area contributed by atoms with Crippen molar-refractivity contribution >= 4 is 23.3 Å². The largest absolute Gasteiger partial charge is 0.371 e. The second kappa shape index (κ2) is 8.31. The van der Waals surface area contributed by atoms with E-state index in [0.29, 0.717) is 30.5 Å². The minimum Gasteiger partial charge on any atom is -0.371 e. The molecule has 138 valence electrons. The number of halogens is 3. The monoisotopic (exact) mass is 380 g/mol. The molecule has 1 aromatic carbocycles. The zero-order chi connectivity index (χ0) is 18.5. The summed E-state index contributed by atoms with van der Waals surface area (Å²) in [5, 5.41) is 6.01. The summed E-state index contributed by atoms with van der Waals surface area (Å²) in [7, 11) is 0. The lowest BCUT2D eigenvalue weighted by atomic mass is 10.1. The quantitative estimate of drug-likeness (QED) is 0.782. The second-order valence-corrected chi connectivity index (χ2v) is 6.64. The number of anilines is 1. The minimum absolute atomic E-state index is 0.256. The Hall–Kier alpha value is -2.41. The van der Waals surface area contributed by atoms with Crippen LogP contribution in [0.1, 0.15) is 12.0 Å². The van der Waals surface area contributed by atoms with E-state index in [9.17, 15) is 13.6 Å². The van der Waals surface area contributed by atoms with Gasteiger partial charge in [0.1, 0.15) is 5.15 Å². The molecular weight excluding hydrogens is 362 g/mol. The molecule has 0 bridgehead atoms. The lowest BCUT2D eigenvalue weighted by Gasteiger charge is -2.19. The van der Waals surface area contributed by atoms with Crippen LogP contribution in [0.4, 0.5) is 19.3 Å². The Kier molecular flexibility index (Phi) is 5.88. The molecule has 1 saturated heterocycles. The predicted molar refractivity (Wildman–Crippen MR) is 96.2 cm³/mol. The van der Waals surface area contributed by atoms with Crippen molar-refractivity contribution in [1.82, 2.24) is 15.6 Å². The number of carbonyl (C=O) groups excluding carboxylic acids is 1. The fraction of sp³-hybridized carbons (Fsp3) is 0.333. The first-order valence-corrected chi connectivity index (χ1v) is 8.71. The van der Waals surface area contributed by atoms with Crippen molar-refractivity contribution < 1.29 is 13.6 Å². The number of aromatic nitrogens is 1. The molecular formula is C18H19ClF2N4O. The first kappa shape index (κ1) is 18.4. The zero-order valence-electron chi connectivity index (χ0n) is 14.0. The summed E-state index contributed by atoms with van der Waals surface area (Å²) < 4.78 is 26.4. The highest BCUT2D eigenvalue weighted by atomic mass is 35.5. The number of nitrogens with one attached hydrogen (secondary N) is 2. The van der Waals surface area contributed by atoms with Gasteiger partial charge in [-0.1, -0.05) is 17.7 Å². The number of hydrogen-bond donors (Lipinski definition) is 2. The maximum absolute atomic E-state index is 13.4. The molecule has 0 saturated carbocycles. The summed E-state index contributed by atoms with van der Waals surface area (Å²) in [5.41, 5.74) is 1.51. The van der Waals surface area contributed by atoms with Gasteiger partial charge in [0.25, 0.3) is 0 Å². The van der Waals surface area contributed by atoms with Gasteiger partial charge in [0.05, 0.1) is 0 Å². The first-order chi connectivity index (χ1) is 12.5. The highest BCUT2D eigenvalue weighted by Gasteiger charge is 2.23. The molecule has 0 radical (unpaired) electrons. The number of pyridine rings is 1. The van der Waals surface area contributed by atoms with E-state index in [2.05, 4.69) is 15.6 Å². The average Bonchev–Trinajstić information content (AvgIpc) is 3.11. The van der Waals surface area contributed by atoms with E-state index in [4.69, 9.17) is 11.6 Å². The third-order valence-corrected chi connectivity index (χ3v) is 4.57. The number of rotatable bonds is 5. The minimum atomic E-state index is -0.848. The van der Waals surface area contributed by atoms with Crippen LogP contribution in [0.5, 0.6) is 0 Å². The first-order valence-electron chi connectivity index (χ1n) is 8.33. The molecule has 3 rings (SSSR count). The third-order valence-electron chi connectivity index (χ3n) is 4.35. The van der Waals surface area contributed by atoms with Crippen molar-refractivity contribution in [3.8, 4) is 0 Å². The standard InChI is InChI=1S/C18H19ClF2N4O/c19-17-4-1-12(8-22-17)9-23-18(26)24-10-13-5-6-25(11-13)14-2-3-15(20)16(21)7-14/h1-4,7-8,13H,5-6,9-11H2,(H2,23,24,26)/t13-/m0/s1. The molecule has 2 amide bonds. The molecule has 0 aliphatic carbocycles. The Labute approximate surface area is 155 Å².